The SMILES string of the molecule is CC(C)[C@H](NC(=O)c1cc2cc(F)ccc2[nH]1)c1cccs1. The molecule has 1 aromatic carbocycles. The third-order valence-corrected chi connectivity index (χ3v) is 4.59. The first-order valence-electron chi connectivity index (χ1n) is 7.17. The first-order valence-corrected chi connectivity index (χ1v) is 8.05. The number of hydrogen-bond acceptors (Lipinski definition) is 2. The summed E-state index contributed by atoms with van der Waals surface area (Å²) >= 11 is 1.63. The van der Waals surface area contributed by atoms with E-state index in [0.29, 0.717) is 11.1 Å². The topological polar surface area (TPSA) is 44.9 Å². The van der Waals surface area contributed by atoms with Gasteiger partial charge in [-0.25, -0.2) is 4.39 Å². The number of nitrogens with one attached hydrogen (secondary N) is 2. The number of aromatic nitrogens is 1. The van der Waals surface area contributed by atoms with E-state index in [4.69, 9.17) is 0 Å². The smallest absolute Gasteiger partial charge is 0.268 e. The molecule has 2 heterocycles. The number of H-pyrrole nitrogens is 1. The summed E-state index contributed by atoms with van der Waals surface area (Å²) in [6.45, 7) is 4.15. The van der Waals surface area contributed by atoms with Crippen molar-refractivity contribution < 1.29 is 9.18 Å². The Balaban J connectivity index is 1.85. The third-order valence-electron chi connectivity index (χ3n) is 3.63. The molecule has 0 aliphatic carbocycles. The van der Waals surface area contributed by atoms with Crippen molar-refractivity contribution in [3.63, 3.8) is 0 Å². The molecule has 0 fully saturated rings. The van der Waals surface area contributed by atoms with Crippen molar-refractivity contribution in [2.24, 2.45) is 5.92 Å². The fourth-order valence-corrected chi connectivity index (χ4v) is 3.43. The Bertz CT molecular complexity index is 792. The van der Waals surface area contributed by atoms with E-state index in [0.717, 1.165) is 10.4 Å². The van der Waals surface area contributed by atoms with E-state index in [1.54, 1.807) is 23.5 Å². The van der Waals surface area contributed by atoms with Crippen LogP contribution in [0.1, 0.15) is 35.3 Å². The molecule has 0 radical (unpaired) electrons. The minimum atomic E-state index is -0.308. The largest absolute Gasteiger partial charge is 0.351 e. The predicted molar refractivity (Wildman–Crippen MR) is 87.6 cm³/mol. The number of hydrogen-bond donors (Lipinski definition) is 2. The van der Waals surface area contributed by atoms with Crippen molar-refractivity contribution in [1.29, 1.82) is 0 Å². The number of carbonyl (C=O) groups excluding carboxylic acids is 1. The van der Waals surface area contributed by atoms with E-state index in [9.17, 15) is 9.18 Å². The van der Waals surface area contributed by atoms with Gasteiger partial charge in [0, 0.05) is 15.8 Å². The molecule has 0 unspecified atom stereocenters. The van der Waals surface area contributed by atoms with Crippen LogP contribution in [0.5, 0.6) is 0 Å². The molecule has 114 valence electrons. The lowest BCUT2D eigenvalue weighted by atomic mass is 10.0. The molecular weight excluding hydrogens is 299 g/mol. The van der Waals surface area contributed by atoms with Gasteiger partial charge in [0.15, 0.2) is 0 Å². The minimum absolute atomic E-state index is 0.0318. The molecule has 0 aliphatic rings. The van der Waals surface area contributed by atoms with Crippen molar-refractivity contribution in [2.75, 3.05) is 0 Å². The fraction of sp³-hybridized carbons (Fsp3) is 0.235. The Labute approximate surface area is 132 Å². The summed E-state index contributed by atoms with van der Waals surface area (Å²) in [5, 5.41) is 5.76. The molecule has 22 heavy (non-hydrogen) atoms. The number of rotatable bonds is 4. The van der Waals surface area contributed by atoms with E-state index >= 15 is 0 Å². The van der Waals surface area contributed by atoms with E-state index in [-0.39, 0.29) is 23.7 Å². The number of carbonyl (C=O) groups is 1. The molecule has 1 atom stereocenters. The van der Waals surface area contributed by atoms with Gasteiger partial charge in [0.05, 0.1) is 6.04 Å². The minimum Gasteiger partial charge on any atom is -0.351 e. The summed E-state index contributed by atoms with van der Waals surface area (Å²) < 4.78 is 13.2. The van der Waals surface area contributed by atoms with Gasteiger partial charge < -0.3 is 10.3 Å². The average molecular weight is 316 g/mol. The van der Waals surface area contributed by atoms with Gasteiger partial charge in [0.25, 0.3) is 5.91 Å². The van der Waals surface area contributed by atoms with Crippen LogP contribution in [0.3, 0.4) is 0 Å². The Morgan fingerprint density at radius 3 is 2.77 bits per heavy atom. The van der Waals surface area contributed by atoms with Crippen molar-refractivity contribution in [3.05, 3.63) is 58.2 Å². The summed E-state index contributed by atoms with van der Waals surface area (Å²) in [7, 11) is 0. The molecule has 0 saturated heterocycles. The van der Waals surface area contributed by atoms with E-state index < -0.39 is 0 Å². The Morgan fingerprint density at radius 2 is 2.09 bits per heavy atom. The number of halogens is 1. The molecule has 1 amide bonds. The summed E-state index contributed by atoms with van der Waals surface area (Å²) in [5.41, 5.74) is 1.20. The van der Waals surface area contributed by atoms with Gasteiger partial charge in [-0.2, -0.15) is 0 Å². The molecule has 0 bridgehead atoms. The van der Waals surface area contributed by atoms with Crippen LogP contribution in [0.2, 0.25) is 0 Å². The van der Waals surface area contributed by atoms with Crippen LogP contribution < -0.4 is 5.32 Å². The molecule has 2 N–H and O–H groups in total. The molecule has 0 spiro atoms. The highest BCUT2D eigenvalue weighted by atomic mass is 32.1. The van der Waals surface area contributed by atoms with Gasteiger partial charge in [-0.05, 0) is 41.6 Å². The zero-order valence-electron chi connectivity index (χ0n) is 12.4. The third kappa shape index (κ3) is 2.90. The monoisotopic (exact) mass is 316 g/mol. The second-order valence-corrected chi connectivity index (χ2v) is 6.60. The van der Waals surface area contributed by atoms with Crippen molar-refractivity contribution in [1.82, 2.24) is 10.3 Å². The van der Waals surface area contributed by atoms with Crippen molar-refractivity contribution in [3.8, 4) is 0 Å². The van der Waals surface area contributed by atoms with Crippen LogP contribution >= 0.6 is 11.3 Å². The quantitative estimate of drug-likeness (QED) is 0.731. The van der Waals surface area contributed by atoms with E-state index in [1.807, 2.05) is 17.5 Å². The highest BCUT2D eigenvalue weighted by Gasteiger charge is 2.21. The molecule has 2 aromatic heterocycles. The maximum atomic E-state index is 13.2. The van der Waals surface area contributed by atoms with Gasteiger partial charge in [-0.1, -0.05) is 19.9 Å². The molecular formula is C17H17FN2OS. The van der Waals surface area contributed by atoms with Crippen molar-refractivity contribution in [2.45, 2.75) is 19.9 Å². The van der Waals surface area contributed by atoms with Gasteiger partial charge >= 0.3 is 0 Å². The van der Waals surface area contributed by atoms with Crippen LogP contribution in [0.4, 0.5) is 4.39 Å². The van der Waals surface area contributed by atoms with E-state index in [2.05, 4.69) is 24.1 Å². The second kappa shape index (κ2) is 5.93. The van der Waals surface area contributed by atoms with Gasteiger partial charge in [-0.3, -0.25) is 4.79 Å². The van der Waals surface area contributed by atoms with Crippen molar-refractivity contribution >= 4 is 28.1 Å². The van der Waals surface area contributed by atoms with Gasteiger partial charge in [0.2, 0.25) is 0 Å². The summed E-state index contributed by atoms with van der Waals surface area (Å²) in [4.78, 5) is 16.6. The van der Waals surface area contributed by atoms with Crippen LogP contribution in [-0.4, -0.2) is 10.9 Å². The fourth-order valence-electron chi connectivity index (χ4n) is 2.48. The number of fused-ring (bicyclic) bond motifs is 1. The first-order chi connectivity index (χ1) is 10.5. The maximum Gasteiger partial charge on any atom is 0.268 e. The van der Waals surface area contributed by atoms with Crippen LogP contribution in [-0.2, 0) is 0 Å². The average Bonchev–Trinajstić information content (AvgIpc) is 3.12. The molecule has 0 saturated carbocycles. The zero-order chi connectivity index (χ0) is 15.7. The van der Waals surface area contributed by atoms with Crippen LogP contribution in [0.25, 0.3) is 10.9 Å². The number of thiophene rings is 1. The van der Waals surface area contributed by atoms with Crippen LogP contribution in [0.15, 0.2) is 41.8 Å². The van der Waals surface area contributed by atoms with Gasteiger partial charge in [0.1, 0.15) is 11.5 Å². The van der Waals surface area contributed by atoms with E-state index in [1.165, 1.54) is 12.1 Å². The normalized spacial score (nSPS) is 12.7. The summed E-state index contributed by atoms with van der Waals surface area (Å²) in [6, 6.07) is 10.1. The number of benzene rings is 1. The Hall–Kier alpha value is -2.14. The highest BCUT2D eigenvalue weighted by Crippen LogP contribution is 2.26. The Kier molecular flexibility index (Phi) is 3.98. The lowest BCUT2D eigenvalue weighted by Crippen LogP contribution is -2.31. The predicted octanol–water partition coefficient (Wildman–Crippen LogP) is 4.50. The first kappa shape index (κ1) is 14.8. The molecule has 5 heteroatoms. The number of aromatic amines is 1. The van der Waals surface area contributed by atoms with Gasteiger partial charge in [-0.15, -0.1) is 11.3 Å². The summed E-state index contributed by atoms with van der Waals surface area (Å²) in [5.74, 6) is -0.203. The lowest BCUT2D eigenvalue weighted by molar-refractivity contribution is 0.0922. The molecule has 3 aromatic rings. The lowest BCUT2D eigenvalue weighted by Gasteiger charge is -2.20. The Morgan fingerprint density at radius 1 is 1.27 bits per heavy atom. The maximum absolute atomic E-state index is 13.2. The van der Waals surface area contributed by atoms with Crippen LogP contribution in [0, 0.1) is 11.7 Å². The molecule has 3 nitrogen and oxygen atoms in total. The molecule has 0 aliphatic heterocycles. The second-order valence-electron chi connectivity index (χ2n) is 5.63. The highest BCUT2D eigenvalue weighted by molar-refractivity contribution is 7.10. The summed E-state index contributed by atoms with van der Waals surface area (Å²) in [6.07, 6.45) is 0. The number of amides is 1. The molecule has 3 rings (SSSR count). The standard InChI is InChI=1S/C17H17FN2OS/c1-10(2)16(15-4-3-7-22-15)20-17(21)14-9-11-8-12(18)5-6-13(11)19-14/h3-10,16,19H,1-2H3,(H,20,21)/t16-/m0/s1. The zero-order valence-corrected chi connectivity index (χ0v) is 13.2.